The predicted octanol–water partition coefficient (Wildman–Crippen LogP) is 2.84. The molecule has 0 atom stereocenters. The van der Waals surface area contributed by atoms with Crippen molar-refractivity contribution in [3.8, 4) is 0 Å². The molecule has 0 saturated heterocycles. The van der Waals surface area contributed by atoms with Gasteiger partial charge in [-0.05, 0) is 24.6 Å². The van der Waals surface area contributed by atoms with Gasteiger partial charge in [0.15, 0.2) is 16.7 Å². The SMILES string of the molecule is CCc1cc(=O)[nH]c(SCC(=O)Nc2ccc3c(c2)C(=O)c2ccccc2C3=O)n1. The molecule has 0 bridgehead atoms. The fourth-order valence-corrected chi connectivity index (χ4v) is 3.94. The summed E-state index contributed by atoms with van der Waals surface area (Å²) in [5.74, 6) is -0.745. The van der Waals surface area contributed by atoms with E-state index in [0.717, 1.165) is 11.8 Å². The number of amides is 1. The van der Waals surface area contributed by atoms with Gasteiger partial charge in [0.05, 0.1) is 5.75 Å². The minimum absolute atomic E-state index is 0.0307. The summed E-state index contributed by atoms with van der Waals surface area (Å²) in [6.07, 6.45) is 0.620. The Kier molecular flexibility index (Phi) is 5.33. The molecular formula is C22H17N3O4S. The summed E-state index contributed by atoms with van der Waals surface area (Å²) < 4.78 is 0. The number of hydrogen-bond donors (Lipinski definition) is 2. The molecule has 0 aliphatic heterocycles. The second kappa shape index (κ2) is 8.08. The molecule has 0 spiro atoms. The number of aromatic amines is 1. The lowest BCUT2D eigenvalue weighted by Crippen LogP contribution is -2.21. The van der Waals surface area contributed by atoms with Gasteiger partial charge in [-0.25, -0.2) is 4.98 Å². The van der Waals surface area contributed by atoms with E-state index in [0.29, 0.717) is 39.6 Å². The summed E-state index contributed by atoms with van der Waals surface area (Å²) in [5.41, 5.74) is 2.15. The number of ketones is 2. The molecule has 0 radical (unpaired) electrons. The second-order valence-electron chi connectivity index (χ2n) is 6.70. The number of carbonyl (C=O) groups is 3. The third-order valence-corrected chi connectivity index (χ3v) is 5.56. The van der Waals surface area contributed by atoms with Crippen molar-refractivity contribution in [2.45, 2.75) is 18.5 Å². The number of carbonyl (C=O) groups excluding carboxylic acids is 3. The van der Waals surface area contributed by atoms with Gasteiger partial charge >= 0.3 is 0 Å². The average molecular weight is 419 g/mol. The van der Waals surface area contributed by atoms with Crippen molar-refractivity contribution >= 4 is 34.9 Å². The maximum absolute atomic E-state index is 12.8. The van der Waals surface area contributed by atoms with Gasteiger partial charge in [0.25, 0.3) is 5.56 Å². The van der Waals surface area contributed by atoms with Gasteiger partial charge in [-0.3, -0.25) is 19.2 Å². The highest BCUT2D eigenvalue weighted by Crippen LogP contribution is 2.29. The number of benzene rings is 2. The molecule has 0 saturated carbocycles. The highest BCUT2D eigenvalue weighted by Gasteiger charge is 2.29. The predicted molar refractivity (Wildman–Crippen MR) is 113 cm³/mol. The van der Waals surface area contributed by atoms with Crippen LogP contribution < -0.4 is 10.9 Å². The van der Waals surface area contributed by atoms with E-state index >= 15 is 0 Å². The summed E-state index contributed by atoms with van der Waals surface area (Å²) in [5, 5.41) is 3.09. The summed E-state index contributed by atoms with van der Waals surface area (Å²) in [6, 6.07) is 12.8. The molecule has 1 heterocycles. The number of nitrogens with one attached hydrogen (secondary N) is 2. The largest absolute Gasteiger partial charge is 0.325 e. The van der Waals surface area contributed by atoms with Gasteiger partial charge in [0.1, 0.15) is 0 Å². The molecule has 7 nitrogen and oxygen atoms in total. The summed E-state index contributed by atoms with van der Waals surface area (Å²) in [4.78, 5) is 56.3. The van der Waals surface area contributed by atoms with Gasteiger partial charge in [-0.2, -0.15) is 0 Å². The Labute approximate surface area is 175 Å². The molecule has 8 heteroatoms. The van der Waals surface area contributed by atoms with E-state index in [-0.39, 0.29) is 34.3 Å². The third kappa shape index (κ3) is 3.81. The molecule has 2 aromatic carbocycles. The first-order chi connectivity index (χ1) is 14.5. The topological polar surface area (TPSA) is 109 Å². The number of rotatable bonds is 5. The first kappa shape index (κ1) is 19.8. The maximum atomic E-state index is 12.8. The maximum Gasteiger partial charge on any atom is 0.251 e. The first-order valence-corrected chi connectivity index (χ1v) is 10.3. The van der Waals surface area contributed by atoms with Crippen LogP contribution in [0, 0.1) is 0 Å². The van der Waals surface area contributed by atoms with Crippen LogP contribution in [0.15, 0.2) is 58.5 Å². The fraction of sp³-hybridized carbons (Fsp3) is 0.136. The number of thioether (sulfide) groups is 1. The van der Waals surface area contributed by atoms with Crippen molar-refractivity contribution in [3.63, 3.8) is 0 Å². The smallest absolute Gasteiger partial charge is 0.251 e. The Bertz CT molecular complexity index is 1250. The van der Waals surface area contributed by atoms with Crippen molar-refractivity contribution in [1.29, 1.82) is 0 Å². The Morgan fingerprint density at radius 1 is 0.967 bits per heavy atom. The number of H-pyrrole nitrogens is 1. The van der Waals surface area contributed by atoms with Crippen molar-refractivity contribution in [1.82, 2.24) is 9.97 Å². The molecule has 3 aromatic rings. The summed E-state index contributed by atoms with van der Waals surface area (Å²) in [7, 11) is 0. The number of aryl methyl sites for hydroxylation is 1. The molecule has 1 aromatic heterocycles. The quantitative estimate of drug-likeness (QED) is 0.380. The molecule has 1 aliphatic rings. The van der Waals surface area contributed by atoms with Crippen LogP contribution in [0.2, 0.25) is 0 Å². The van der Waals surface area contributed by atoms with Gasteiger partial charge in [-0.15, -0.1) is 0 Å². The van der Waals surface area contributed by atoms with Gasteiger partial charge in [-0.1, -0.05) is 43.0 Å². The number of anilines is 1. The lowest BCUT2D eigenvalue weighted by molar-refractivity contribution is -0.113. The van der Waals surface area contributed by atoms with Crippen molar-refractivity contribution < 1.29 is 14.4 Å². The highest BCUT2D eigenvalue weighted by atomic mass is 32.2. The zero-order valence-electron chi connectivity index (χ0n) is 16.0. The van der Waals surface area contributed by atoms with Gasteiger partial charge in [0.2, 0.25) is 5.91 Å². The molecule has 30 heavy (non-hydrogen) atoms. The van der Waals surface area contributed by atoms with Crippen LogP contribution in [0.25, 0.3) is 0 Å². The normalized spacial score (nSPS) is 12.3. The van der Waals surface area contributed by atoms with E-state index in [4.69, 9.17) is 0 Å². The van der Waals surface area contributed by atoms with Crippen molar-refractivity contribution in [2.24, 2.45) is 0 Å². The molecule has 0 unspecified atom stereocenters. The first-order valence-electron chi connectivity index (χ1n) is 9.31. The zero-order chi connectivity index (χ0) is 21.3. The molecular weight excluding hydrogens is 402 g/mol. The van der Waals surface area contributed by atoms with Crippen molar-refractivity contribution in [3.05, 3.63) is 86.8 Å². The van der Waals surface area contributed by atoms with E-state index in [1.54, 1.807) is 36.4 Å². The van der Waals surface area contributed by atoms with Crippen LogP contribution in [0.3, 0.4) is 0 Å². The average Bonchev–Trinajstić information content (AvgIpc) is 2.75. The third-order valence-electron chi connectivity index (χ3n) is 4.68. The molecule has 1 aliphatic carbocycles. The van der Waals surface area contributed by atoms with Crippen LogP contribution in [-0.2, 0) is 11.2 Å². The Morgan fingerprint density at radius 3 is 2.33 bits per heavy atom. The van der Waals surface area contributed by atoms with Crippen LogP contribution in [-0.4, -0.2) is 33.2 Å². The van der Waals surface area contributed by atoms with E-state index in [1.165, 1.54) is 12.1 Å². The van der Waals surface area contributed by atoms with Crippen molar-refractivity contribution in [2.75, 3.05) is 11.1 Å². The van der Waals surface area contributed by atoms with Crippen LogP contribution in [0.4, 0.5) is 5.69 Å². The Hall–Kier alpha value is -3.52. The van der Waals surface area contributed by atoms with Gasteiger partial charge < -0.3 is 10.3 Å². The lowest BCUT2D eigenvalue weighted by Gasteiger charge is -2.18. The fourth-order valence-electron chi connectivity index (χ4n) is 3.24. The summed E-state index contributed by atoms with van der Waals surface area (Å²) in [6.45, 7) is 1.89. The standard InChI is InChI=1S/C22H17N3O4S/c1-2-12-10-18(26)25-22(24-12)30-11-19(27)23-13-7-8-16-17(9-13)21(29)15-6-4-3-5-14(15)20(16)28/h3-10H,2,11H2,1H3,(H,23,27)(H,24,25,26). The van der Waals surface area contributed by atoms with Crippen LogP contribution >= 0.6 is 11.8 Å². The molecule has 4 rings (SSSR count). The number of hydrogen-bond acceptors (Lipinski definition) is 6. The minimum atomic E-state index is -0.320. The molecule has 2 N–H and O–H groups in total. The number of aromatic nitrogens is 2. The molecule has 0 fully saturated rings. The van der Waals surface area contributed by atoms with E-state index in [9.17, 15) is 19.2 Å². The lowest BCUT2D eigenvalue weighted by atomic mass is 9.84. The van der Waals surface area contributed by atoms with Crippen LogP contribution in [0.5, 0.6) is 0 Å². The van der Waals surface area contributed by atoms with E-state index in [2.05, 4.69) is 15.3 Å². The zero-order valence-corrected chi connectivity index (χ0v) is 16.8. The van der Waals surface area contributed by atoms with Crippen LogP contribution in [0.1, 0.15) is 44.5 Å². The minimum Gasteiger partial charge on any atom is -0.325 e. The molecule has 150 valence electrons. The monoisotopic (exact) mass is 419 g/mol. The summed E-state index contributed by atoms with van der Waals surface area (Å²) >= 11 is 1.11. The molecule has 1 amide bonds. The highest BCUT2D eigenvalue weighted by molar-refractivity contribution is 7.99. The Morgan fingerprint density at radius 2 is 1.63 bits per heavy atom. The van der Waals surface area contributed by atoms with E-state index < -0.39 is 0 Å². The Balaban J connectivity index is 1.49. The second-order valence-corrected chi connectivity index (χ2v) is 7.66. The van der Waals surface area contributed by atoms with E-state index in [1.807, 2.05) is 6.92 Å². The number of nitrogens with zero attached hydrogens (tertiary/aromatic N) is 1. The number of fused-ring (bicyclic) bond motifs is 2. The van der Waals surface area contributed by atoms with Gasteiger partial charge in [0, 0.05) is 39.7 Å².